The average molecular weight is 421 g/mol. The zero-order chi connectivity index (χ0) is 21.5. The van der Waals surface area contributed by atoms with Crippen LogP contribution in [0.2, 0.25) is 0 Å². The Balaban J connectivity index is 1.33. The van der Waals surface area contributed by atoms with Crippen molar-refractivity contribution in [3.05, 3.63) is 66.4 Å². The van der Waals surface area contributed by atoms with Gasteiger partial charge >= 0.3 is 5.97 Å². The first-order valence-electron chi connectivity index (χ1n) is 9.77. The van der Waals surface area contributed by atoms with E-state index in [9.17, 15) is 13.6 Å². The highest BCUT2D eigenvalue weighted by Gasteiger charge is 2.36. The molecule has 2 N–H and O–H groups in total. The largest absolute Gasteiger partial charge is 0.481 e. The van der Waals surface area contributed by atoms with Gasteiger partial charge in [0.1, 0.15) is 23.6 Å². The number of pyridine rings is 1. The molecule has 0 bridgehead atoms. The summed E-state index contributed by atoms with van der Waals surface area (Å²) in [6.45, 7) is 0. The molecular weight excluding hydrogens is 404 g/mol. The molecule has 0 amide bonds. The number of imidazole rings is 1. The van der Waals surface area contributed by atoms with Crippen LogP contribution in [0.5, 0.6) is 5.88 Å². The summed E-state index contributed by atoms with van der Waals surface area (Å²) >= 11 is 0. The second kappa shape index (κ2) is 7.46. The lowest BCUT2D eigenvalue weighted by molar-refractivity contribution is -0.148. The molecule has 5 rings (SSSR count). The molecule has 1 aliphatic carbocycles. The third-order valence-corrected chi connectivity index (χ3v) is 5.47. The van der Waals surface area contributed by atoms with E-state index in [0.29, 0.717) is 46.7 Å². The second-order valence-corrected chi connectivity index (χ2v) is 7.57. The van der Waals surface area contributed by atoms with Crippen LogP contribution in [0.3, 0.4) is 0 Å². The topological polar surface area (TPSA) is 88.1 Å². The van der Waals surface area contributed by atoms with E-state index in [1.165, 1.54) is 24.3 Å². The molecule has 0 radical (unpaired) electrons. The van der Waals surface area contributed by atoms with Crippen molar-refractivity contribution in [3.63, 3.8) is 0 Å². The van der Waals surface area contributed by atoms with E-state index >= 15 is 0 Å². The van der Waals surface area contributed by atoms with Crippen molar-refractivity contribution in [2.24, 2.45) is 5.92 Å². The van der Waals surface area contributed by atoms with Crippen molar-refractivity contribution in [3.8, 4) is 28.4 Å². The number of carbonyl (C=O) groups is 1. The fraction of sp³-hybridized carbons (Fsp3) is 0.174. The van der Waals surface area contributed by atoms with Gasteiger partial charge in [-0.1, -0.05) is 6.07 Å². The van der Waals surface area contributed by atoms with Crippen molar-refractivity contribution in [2.45, 2.75) is 18.9 Å². The van der Waals surface area contributed by atoms with Gasteiger partial charge in [-0.25, -0.2) is 18.7 Å². The summed E-state index contributed by atoms with van der Waals surface area (Å²) in [6, 6.07) is 12.4. The lowest BCUT2D eigenvalue weighted by atomic mass is 9.82. The van der Waals surface area contributed by atoms with Crippen molar-refractivity contribution >= 4 is 17.0 Å². The van der Waals surface area contributed by atoms with E-state index in [1.807, 2.05) is 0 Å². The predicted octanol–water partition coefficient (Wildman–Crippen LogP) is 4.81. The standard InChI is InChI=1S/C23H17F2N3O3/c24-15-3-5-19-20(10-15)28-22(27-19)17-4-1-12(9-18(17)25)13-2-6-21(26-11-13)31-16-7-14(8-16)23(29)30/h1-6,9-11,14,16H,7-8H2,(H,27,28)(H,29,30). The molecule has 1 saturated carbocycles. The molecular formula is C23H17F2N3O3. The van der Waals surface area contributed by atoms with E-state index < -0.39 is 17.6 Å². The number of hydrogen-bond acceptors (Lipinski definition) is 4. The summed E-state index contributed by atoms with van der Waals surface area (Å²) in [7, 11) is 0. The van der Waals surface area contributed by atoms with Gasteiger partial charge in [-0.15, -0.1) is 0 Å². The lowest BCUT2D eigenvalue weighted by Crippen LogP contribution is -2.38. The number of aromatic nitrogens is 3. The van der Waals surface area contributed by atoms with Crippen molar-refractivity contribution < 1.29 is 23.4 Å². The minimum atomic E-state index is -0.802. The van der Waals surface area contributed by atoms with Gasteiger partial charge < -0.3 is 14.8 Å². The van der Waals surface area contributed by atoms with Gasteiger partial charge in [-0.3, -0.25) is 4.79 Å². The molecule has 8 heteroatoms. The highest BCUT2D eigenvalue weighted by atomic mass is 19.1. The Bertz CT molecular complexity index is 1280. The summed E-state index contributed by atoms with van der Waals surface area (Å²) in [4.78, 5) is 22.4. The number of H-pyrrole nitrogens is 1. The first kappa shape index (κ1) is 19.2. The maximum absolute atomic E-state index is 14.8. The molecule has 2 aromatic heterocycles. The SMILES string of the molecule is O=C(O)C1CC(Oc2ccc(-c3ccc(-c4nc5ccc(F)cc5[nH]4)c(F)c3)cn2)C1. The normalized spacial score (nSPS) is 18.0. The van der Waals surface area contributed by atoms with Crippen LogP contribution in [-0.2, 0) is 4.79 Å². The summed E-state index contributed by atoms with van der Waals surface area (Å²) in [5.74, 6) is -1.28. The zero-order valence-electron chi connectivity index (χ0n) is 16.2. The first-order valence-corrected chi connectivity index (χ1v) is 9.77. The quantitative estimate of drug-likeness (QED) is 0.483. The van der Waals surface area contributed by atoms with E-state index in [4.69, 9.17) is 9.84 Å². The maximum atomic E-state index is 14.8. The number of aliphatic carboxylic acids is 1. The molecule has 0 unspecified atom stereocenters. The van der Waals surface area contributed by atoms with Crippen molar-refractivity contribution in [2.75, 3.05) is 0 Å². The number of ether oxygens (including phenoxy) is 1. The number of nitrogens with one attached hydrogen (secondary N) is 1. The van der Waals surface area contributed by atoms with Gasteiger partial charge in [0.15, 0.2) is 0 Å². The van der Waals surface area contributed by atoms with Crippen LogP contribution < -0.4 is 4.74 Å². The molecule has 0 atom stereocenters. The predicted molar refractivity (Wildman–Crippen MR) is 109 cm³/mol. The number of rotatable bonds is 5. The Kier molecular flexibility index (Phi) is 4.62. The van der Waals surface area contributed by atoms with Crippen LogP contribution in [0.1, 0.15) is 12.8 Å². The lowest BCUT2D eigenvalue weighted by Gasteiger charge is -2.31. The molecule has 31 heavy (non-hydrogen) atoms. The Morgan fingerprint density at radius 3 is 2.58 bits per heavy atom. The second-order valence-electron chi connectivity index (χ2n) is 7.57. The van der Waals surface area contributed by atoms with Crippen LogP contribution in [-0.4, -0.2) is 32.1 Å². The number of aromatic amines is 1. The third-order valence-electron chi connectivity index (χ3n) is 5.47. The van der Waals surface area contributed by atoms with Crippen molar-refractivity contribution in [1.82, 2.24) is 15.0 Å². The van der Waals surface area contributed by atoms with Crippen LogP contribution in [0, 0.1) is 17.6 Å². The highest BCUT2D eigenvalue weighted by molar-refractivity contribution is 5.80. The molecule has 1 aliphatic rings. The Labute approximate surface area is 175 Å². The number of carboxylic acid groups (broad SMARTS) is 1. The average Bonchev–Trinajstić information content (AvgIpc) is 3.13. The summed E-state index contributed by atoms with van der Waals surface area (Å²) in [6.07, 6.45) is 2.38. The minimum absolute atomic E-state index is 0.145. The third kappa shape index (κ3) is 3.72. The van der Waals surface area contributed by atoms with E-state index in [1.54, 1.807) is 30.5 Å². The van der Waals surface area contributed by atoms with Gasteiger partial charge in [0.25, 0.3) is 0 Å². The molecule has 2 aromatic carbocycles. The minimum Gasteiger partial charge on any atom is -0.481 e. The van der Waals surface area contributed by atoms with E-state index in [0.717, 1.165) is 0 Å². The van der Waals surface area contributed by atoms with Crippen LogP contribution >= 0.6 is 0 Å². The summed E-state index contributed by atoms with van der Waals surface area (Å²) in [5.41, 5.74) is 2.69. The molecule has 0 aliphatic heterocycles. The van der Waals surface area contributed by atoms with Crippen LogP contribution in [0.4, 0.5) is 8.78 Å². The monoisotopic (exact) mass is 421 g/mol. The molecule has 4 aromatic rings. The number of hydrogen-bond donors (Lipinski definition) is 2. The van der Waals surface area contributed by atoms with Crippen LogP contribution in [0.25, 0.3) is 33.5 Å². The molecule has 1 fully saturated rings. The molecule has 0 saturated heterocycles. The Hall–Kier alpha value is -3.81. The summed E-state index contributed by atoms with van der Waals surface area (Å²) < 4.78 is 33.9. The van der Waals surface area contributed by atoms with Gasteiger partial charge in [-0.2, -0.15) is 0 Å². The maximum Gasteiger partial charge on any atom is 0.306 e. The summed E-state index contributed by atoms with van der Waals surface area (Å²) in [5, 5.41) is 8.92. The van der Waals surface area contributed by atoms with Gasteiger partial charge in [0, 0.05) is 17.8 Å². The number of halogens is 2. The molecule has 0 spiro atoms. The van der Waals surface area contributed by atoms with Gasteiger partial charge in [0.2, 0.25) is 5.88 Å². The first-order chi connectivity index (χ1) is 15.0. The molecule has 2 heterocycles. The fourth-order valence-electron chi connectivity index (χ4n) is 3.65. The molecule has 156 valence electrons. The number of carboxylic acids is 1. The number of benzene rings is 2. The van der Waals surface area contributed by atoms with Crippen LogP contribution in [0.15, 0.2) is 54.7 Å². The Morgan fingerprint density at radius 2 is 1.87 bits per heavy atom. The zero-order valence-corrected chi connectivity index (χ0v) is 16.2. The number of fused-ring (bicyclic) bond motifs is 1. The molecule has 6 nitrogen and oxygen atoms in total. The smallest absolute Gasteiger partial charge is 0.306 e. The van der Waals surface area contributed by atoms with Crippen molar-refractivity contribution in [1.29, 1.82) is 0 Å². The van der Waals surface area contributed by atoms with E-state index in [-0.39, 0.29) is 17.6 Å². The number of nitrogens with zero attached hydrogens (tertiary/aromatic N) is 2. The fourth-order valence-corrected chi connectivity index (χ4v) is 3.65. The van der Waals surface area contributed by atoms with Gasteiger partial charge in [-0.05, 0) is 54.8 Å². The highest BCUT2D eigenvalue weighted by Crippen LogP contribution is 2.32. The Morgan fingerprint density at radius 1 is 1.06 bits per heavy atom. The van der Waals surface area contributed by atoms with Gasteiger partial charge in [0.05, 0.1) is 22.5 Å². The van der Waals surface area contributed by atoms with E-state index in [2.05, 4.69) is 15.0 Å².